The Labute approximate surface area is 116 Å². The molecule has 19 heavy (non-hydrogen) atoms. The minimum Gasteiger partial charge on any atom is -0.338 e. The third kappa shape index (κ3) is 3.57. The Balaban J connectivity index is 2.00. The van der Waals surface area contributed by atoms with Crippen LogP contribution in [-0.4, -0.2) is 30.4 Å². The smallest absolute Gasteiger partial charge is 0.226 e. The predicted molar refractivity (Wildman–Crippen MR) is 77.7 cm³/mol. The molecule has 1 fully saturated rings. The molecule has 3 nitrogen and oxygen atoms in total. The molecule has 1 aliphatic heterocycles. The van der Waals surface area contributed by atoms with Gasteiger partial charge in [-0.2, -0.15) is 0 Å². The third-order valence-corrected chi connectivity index (χ3v) is 3.93. The number of carbonyl (C=O) groups excluding carboxylic acids is 1. The van der Waals surface area contributed by atoms with Crippen molar-refractivity contribution in [3.8, 4) is 0 Å². The highest BCUT2D eigenvalue weighted by Gasteiger charge is 2.31. The van der Waals surface area contributed by atoms with Crippen molar-refractivity contribution in [1.29, 1.82) is 0 Å². The number of rotatable bonds is 6. The maximum Gasteiger partial charge on any atom is 0.226 e. The Morgan fingerprint density at radius 3 is 2.58 bits per heavy atom. The lowest BCUT2D eigenvalue weighted by atomic mass is 9.88. The summed E-state index contributed by atoms with van der Waals surface area (Å²) in [4.78, 5) is 14.6. The van der Waals surface area contributed by atoms with Gasteiger partial charge in [0, 0.05) is 19.0 Å². The maximum atomic E-state index is 12.6. The molecule has 0 aromatic heterocycles. The lowest BCUT2D eigenvalue weighted by Gasteiger charge is -2.35. The average molecular weight is 260 g/mol. The molecule has 1 aliphatic rings. The van der Waals surface area contributed by atoms with Crippen LogP contribution >= 0.6 is 0 Å². The number of amides is 1. The van der Waals surface area contributed by atoms with E-state index in [0.29, 0.717) is 11.8 Å². The van der Waals surface area contributed by atoms with E-state index in [1.165, 1.54) is 5.56 Å². The summed E-state index contributed by atoms with van der Waals surface area (Å²) in [6.07, 6.45) is 1.01. The molecule has 1 heterocycles. The van der Waals surface area contributed by atoms with Crippen LogP contribution in [0.25, 0.3) is 0 Å². The van der Waals surface area contributed by atoms with Crippen molar-refractivity contribution >= 4 is 5.91 Å². The molecule has 1 atom stereocenters. The van der Waals surface area contributed by atoms with Gasteiger partial charge in [0.1, 0.15) is 0 Å². The van der Waals surface area contributed by atoms with Crippen LogP contribution < -0.4 is 5.32 Å². The lowest BCUT2D eigenvalue weighted by molar-refractivity contribution is -0.138. The van der Waals surface area contributed by atoms with Gasteiger partial charge < -0.3 is 10.2 Å². The van der Waals surface area contributed by atoms with Crippen LogP contribution in [0.5, 0.6) is 0 Å². The second-order valence-electron chi connectivity index (χ2n) is 5.45. The van der Waals surface area contributed by atoms with E-state index in [4.69, 9.17) is 0 Å². The molecule has 1 aromatic carbocycles. The van der Waals surface area contributed by atoms with Gasteiger partial charge >= 0.3 is 0 Å². The van der Waals surface area contributed by atoms with Crippen LogP contribution in [0.3, 0.4) is 0 Å². The molecule has 1 aromatic rings. The van der Waals surface area contributed by atoms with Crippen LogP contribution in [0.15, 0.2) is 30.3 Å². The Morgan fingerprint density at radius 1 is 1.37 bits per heavy atom. The number of carbonyl (C=O) groups is 1. The first kappa shape index (κ1) is 14.1. The van der Waals surface area contributed by atoms with Crippen molar-refractivity contribution in [2.45, 2.75) is 26.8 Å². The minimum atomic E-state index is 0.136. The highest BCUT2D eigenvalue weighted by molar-refractivity contribution is 5.79. The summed E-state index contributed by atoms with van der Waals surface area (Å²) in [6, 6.07) is 10.3. The van der Waals surface area contributed by atoms with Crippen molar-refractivity contribution in [1.82, 2.24) is 10.2 Å². The fourth-order valence-corrected chi connectivity index (χ4v) is 2.50. The van der Waals surface area contributed by atoms with Gasteiger partial charge in [-0.15, -0.1) is 0 Å². The Hall–Kier alpha value is -1.35. The van der Waals surface area contributed by atoms with Gasteiger partial charge in [0.2, 0.25) is 5.91 Å². The Kier molecular flexibility index (Phi) is 4.97. The highest BCUT2D eigenvalue weighted by atomic mass is 16.2. The van der Waals surface area contributed by atoms with Gasteiger partial charge in [0.05, 0.1) is 0 Å². The topological polar surface area (TPSA) is 32.3 Å². The summed E-state index contributed by atoms with van der Waals surface area (Å²) < 4.78 is 0. The first-order valence-corrected chi connectivity index (χ1v) is 7.25. The summed E-state index contributed by atoms with van der Waals surface area (Å²) >= 11 is 0. The zero-order valence-electron chi connectivity index (χ0n) is 11.9. The molecule has 1 amide bonds. The van der Waals surface area contributed by atoms with Crippen molar-refractivity contribution in [3.05, 3.63) is 35.9 Å². The second kappa shape index (κ2) is 6.71. The molecule has 2 rings (SSSR count). The fraction of sp³-hybridized carbons (Fsp3) is 0.562. The summed E-state index contributed by atoms with van der Waals surface area (Å²) in [5.41, 5.74) is 1.21. The number of nitrogens with one attached hydrogen (secondary N) is 1. The summed E-state index contributed by atoms with van der Waals surface area (Å²) in [6.45, 7) is 7.75. The van der Waals surface area contributed by atoms with E-state index < -0.39 is 0 Å². The van der Waals surface area contributed by atoms with Crippen LogP contribution in [0.1, 0.15) is 25.8 Å². The first-order chi connectivity index (χ1) is 9.22. The van der Waals surface area contributed by atoms with Crippen LogP contribution in [0.4, 0.5) is 0 Å². The van der Waals surface area contributed by atoms with Gasteiger partial charge in [-0.3, -0.25) is 4.79 Å². The summed E-state index contributed by atoms with van der Waals surface area (Å²) in [5.74, 6) is 0.955. The monoisotopic (exact) mass is 260 g/mol. The minimum absolute atomic E-state index is 0.136. The van der Waals surface area contributed by atoms with E-state index in [-0.39, 0.29) is 5.92 Å². The lowest BCUT2D eigenvalue weighted by Crippen LogP contribution is -2.50. The van der Waals surface area contributed by atoms with Crippen molar-refractivity contribution in [3.63, 3.8) is 0 Å². The fourth-order valence-electron chi connectivity index (χ4n) is 2.50. The quantitative estimate of drug-likeness (QED) is 0.851. The van der Waals surface area contributed by atoms with E-state index in [2.05, 4.69) is 31.3 Å². The van der Waals surface area contributed by atoms with E-state index >= 15 is 0 Å². The number of nitrogens with zero attached hydrogens (tertiary/aromatic N) is 1. The van der Waals surface area contributed by atoms with E-state index in [9.17, 15) is 4.79 Å². The molecule has 0 saturated carbocycles. The Morgan fingerprint density at radius 2 is 2.05 bits per heavy atom. The van der Waals surface area contributed by atoms with Crippen molar-refractivity contribution in [2.75, 3.05) is 19.6 Å². The molecule has 0 radical (unpaired) electrons. The van der Waals surface area contributed by atoms with Crippen LogP contribution in [0.2, 0.25) is 0 Å². The number of hydrogen-bond donors (Lipinski definition) is 1. The second-order valence-corrected chi connectivity index (χ2v) is 5.45. The SMILES string of the molecule is CCCN(Cc1ccccc1)C(=O)C(C)C1CNC1. The molecule has 0 aliphatic carbocycles. The molecule has 104 valence electrons. The molecule has 0 bridgehead atoms. The van der Waals surface area contributed by atoms with Crippen LogP contribution in [-0.2, 0) is 11.3 Å². The van der Waals surface area contributed by atoms with E-state index in [1.807, 2.05) is 23.1 Å². The van der Waals surface area contributed by atoms with Crippen molar-refractivity contribution in [2.24, 2.45) is 11.8 Å². The summed E-state index contributed by atoms with van der Waals surface area (Å²) in [5, 5.41) is 3.25. The molecular formula is C16H24N2O. The first-order valence-electron chi connectivity index (χ1n) is 7.25. The van der Waals surface area contributed by atoms with Gasteiger partial charge in [-0.05, 0) is 31.0 Å². The molecule has 3 heteroatoms. The number of benzene rings is 1. The predicted octanol–water partition coefficient (Wildman–Crippen LogP) is 2.28. The van der Waals surface area contributed by atoms with Gasteiger partial charge in [-0.1, -0.05) is 44.2 Å². The molecule has 1 N–H and O–H groups in total. The zero-order valence-corrected chi connectivity index (χ0v) is 11.9. The third-order valence-electron chi connectivity index (χ3n) is 3.93. The number of hydrogen-bond acceptors (Lipinski definition) is 2. The van der Waals surface area contributed by atoms with Gasteiger partial charge in [-0.25, -0.2) is 0 Å². The maximum absolute atomic E-state index is 12.6. The Bertz CT molecular complexity index is 400. The molecule has 1 saturated heterocycles. The van der Waals surface area contributed by atoms with E-state index in [1.54, 1.807) is 0 Å². The van der Waals surface area contributed by atoms with Crippen LogP contribution in [0, 0.1) is 11.8 Å². The summed E-state index contributed by atoms with van der Waals surface area (Å²) in [7, 11) is 0. The largest absolute Gasteiger partial charge is 0.338 e. The van der Waals surface area contributed by atoms with Crippen molar-refractivity contribution < 1.29 is 4.79 Å². The van der Waals surface area contributed by atoms with Gasteiger partial charge in [0.15, 0.2) is 0 Å². The molecule has 0 spiro atoms. The average Bonchev–Trinajstić information content (AvgIpc) is 2.36. The van der Waals surface area contributed by atoms with Gasteiger partial charge in [0.25, 0.3) is 0 Å². The molecule has 1 unspecified atom stereocenters. The highest BCUT2D eigenvalue weighted by Crippen LogP contribution is 2.19. The zero-order chi connectivity index (χ0) is 13.7. The normalized spacial score (nSPS) is 16.7. The molecular weight excluding hydrogens is 236 g/mol. The van der Waals surface area contributed by atoms with E-state index in [0.717, 1.165) is 32.6 Å². The standard InChI is InChI=1S/C16H24N2O/c1-3-9-18(12-14-7-5-4-6-8-14)16(19)13(2)15-10-17-11-15/h4-8,13,15,17H,3,9-12H2,1-2H3.